The lowest BCUT2D eigenvalue weighted by atomic mass is 10.0. The van der Waals surface area contributed by atoms with Gasteiger partial charge in [-0.15, -0.1) is 0 Å². The summed E-state index contributed by atoms with van der Waals surface area (Å²) < 4.78 is 5.88. The summed E-state index contributed by atoms with van der Waals surface area (Å²) in [6.45, 7) is 1.84. The number of nitrogens with zero attached hydrogens (tertiary/aromatic N) is 1. The molecule has 0 radical (unpaired) electrons. The van der Waals surface area contributed by atoms with E-state index in [0.29, 0.717) is 12.1 Å². The third-order valence-corrected chi connectivity index (χ3v) is 4.50. The van der Waals surface area contributed by atoms with Crippen molar-refractivity contribution in [3.8, 4) is 0 Å². The average molecular weight is 268 g/mol. The van der Waals surface area contributed by atoms with Crippen molar-refractivity contribution in [2.75, 3.05) is 6.61 Å². The number of fused-ring (bicyclic) bond motifs is 1. The predicted molar refractivity (Wildman–Crippen MR) is 79.5 cm³/mol. The van der Waals surface area contributed by atoms with Gasteiger partial charge in [0.05, 0.1) is 6.10 Å². The van der Waals surface area contributed by atoms with Crippen LogP contribution >= 0.6 is 0 Å². The molecule has 1 aliphatic heterocycles. The van der Waals surface area contributed by atoms with E-state index in [1.165, 1.54) is 29.2 Å². The number of aromatic nitrogens is 1. The number of benzene rings is 1. The first-order chi connectivity index (χ1) is 9.90. The van der Waals surface area contributed by atoms with Gasteiger partial charge in [-0.3, -0.25) is 4.98 Å². The molecule has 2 heterocycles. The van der Waals surface area contributed by atoms with Gasteiger partial charge in [-0.25, -0.2) is 0 Å². The van der Waals surface area contributed by atoms with E-state index in [2.05, 4.69) is 34.6 Å². The molecule has 1 aromatic heterocycles. The fraction of sp³-hybridized carbons (Fsp3) is 0.471. The zero-order valence-corrected chi connectivity index (χ0v) is 11.6. The van der Waals surface area contributed by atoms with E-state index >= 15 is 0 Å². The summed E-state index contributed by atoms with van der Waals surface area (Å²) in [6, 6.07) is 9.22. The fourth-order valence-electron chi connectivity index (χ4n) is 3.21. The van der Waals surface area contributed by atoms with Crippen LogP contribution in [0.3, 0.4) is 0 Å². The van der Waals surface area contributed by atoms with E-state index in [-0.39, 0.29) is 0 Å². The van der Waals surface area contributed by atoms with E-state index in [9.17, 15) is 0 Å². The van der Waals surface area contributed by atoms with E-state index < -0.39 is 0 Å². The monoisotopic (exact) mass is 268 g/mol. The number of hydrogen-bond donors (Lipinski definition) is 1. The lowest BCUT2D eigenvalue weighted by Gasteiger charge is -2.19. The average Bonchev–Trinajstić information content (AvgIpc) is 3.23. The highest BCUT2D eigenvalue weighted by atomic mass is 16.5. The molecule has 2 fully saturated rings. The molecule has 20 heavy (non-hydrogen) atoms. The van der Waals surface area contributed by atoms with Crippen LogP contribution in [-0.4, -0.2) is 23.7 Å². The minimum atomic E-state index is 0.458. The first-order valence-electron chi connectivity index (χ1n) is 7.58. The normalized spacial score (nSPS) is 26.2. The van der Waals surface area contributed by atoms with Crippen molar-refractivity contribution in [2.45, 2.75) is 38.0 Å². The van der Waals surface area contributed by atoms with Gasteiger partial charge in [-0.05, 0) is 48.3 Å². The standard InChI is InChI=1S/C17H20N2O/c1-2-15-11-18-7-5-14(15)9-12(1)10-19-16-6-8-20-17(16)13-3-4-13/h1-2,5,7,9,11,13,16-17,19H,3-4,6,8,10H2. The summed E-state index contributed by atoms with van der Waals surface area (Å²) >= 11 is 0. The molecule has 0 spiro atoms. The van der Waals surface area contributed by atoms with Crippen molar-refractivity contribution < 1.29 is 4.74 Å². The fourth-order valence-corrected chi connectivity index (χ4v) is 3.21. The molecule has 0 amide bonds. The first kappa shape index (κ1) is 12.3. The first-order valence-corrected chi connectivity index (χ1v) is 7.58. The molecule has 1 N–H and O–H groups in total. The van der Waals surface area contributed by atoms with Crippen molar-refractivity contribution in [1.29, 1.82) is 0 Å². The Morgan fingerprint density at radius 1 is 1.15 bits per heavy atom. The molecule has 3 nitrogen and oxygen atoms in total. The van der Waals surface area contributed by atoms with E-state index in [4.69, 9.17) is 4.74 Å². The summed E-state index contributed by atoms with van der Waals surface area (Å²) in [5, 5.41) is 6.16. The highest BCUT2D eigenvalue weighted by Crippen LogP contribution is 2.38. The minimum absolute atomic E-state index is 0.458. The lowest BCUT2D eigenvalue weighted by molar-refractivity contribution is 0.0809. The summed E-state index contributed by atoms with van der Waals surface area (Å²) in [6.07, 6.45) is 8.09. The second-order valence-corrected chi connectivity index (χ2v) is 6.01. The molecule has 2 atom stereocenters. The molecule has 2 aliphatic rings. The maximum Gasteiger partial charge on any atom is 0.0757 e. The number of hydrogen-bond acceptors (Lipinski definition) is 3. The molecular weight excluding hydrogens is 248 g/mol. The van der Waals surface area contributed by atoms with Gasteiger partial charge in [0.25, 0.3) is 0 Å². The maximum atomic E-state index is 5.88. The minimum Gasteiger partial charge on any atom is -0.376 e. The lowest BCUT2D eigenvalue weighted by Crippen LogP contribution is -2.37. The van der Waals surface area contributed by atoms with Gasteiger partial charge in [0, 0.05) is 37.0 Å². The molecule has 1 saturated carbocycles. The highest BCUT2D eigenvalue weighted by molar-refractivity contribution is 5.81. The molecule has 2 aromatic rings. The van der Waals surface area contributed by atoms with E-state index in [1.54, 1.807) is 0 Å². The van der Waals surface area contributed by atoms with Gasteiger partial charge in [0.15, 0.2) is 0 Å². The summed E-state index contributed by atoms with van der Waals surface area (Å²) in [5.41, 5.74) is 1.34. The van der Waals surface area contributed by atoms with Gasteiger partial charge in [-0.2, -0.15) is 0 Å². The van der Waals surface area contributed by atoms with Crippen LogP contribution in [0.15, 0.2) is 36.7 Å². The van der Waals surface area contributed by atoms with Crippen LogP contribution in [0.1, 0.15) is 24.8 Å². The SMILES string of the molecule is c1cc2cc(CNC3CCOC3C3CC3)ccc2cn1. The molecule has 2 unspecified atom stereocenters. The smallest absolute Gasteiger partial charge is 0.0757 e. The van der Waals surface area contributed by atoms with E-state index in [0.717, 1.165) is 25.5 Å². The van der Waals surface area contributed by atoms with Gasteiger partial charge in [0.2, 0.25) is 0 Å². The molecule has 104 valence electrons. The van der Waals surface area contributed by atoms with Gasteiger partial charge >= 0.3 is 0 Å². The van der Waals surface area contributed by atoms with Gasteiger partial charge < -0.3 is 10.1 Å². The van der Waals surface area contributed by atoms with Gasteiger partial charge in [-0.1, -0.05) is 12.1 Å². The van der Waals surface area contributed by atoms with Crippen LogP contribution in [0.5, 0.6) is 0 Å². The Hall–Kier alpha value is -1.45. The number of ether oxygens (including phenoxy) is 1. The number of pyridine rings is 1. The van der Waals surface area contributed by atoms with Crippen molar-refractivity contribution >= 4 is 10.8 Å². The molecule has 1 saturated heterocycles. The number of nitrogens with one attached hydrogen (secondary N) is 1. The van der Waals surface area contributed by atoms with Crippen molar-refractivity contribution in [3.05, 3.63) is 42.2 Å². The molecule has 4 rings (SSSR count). The Balaban J connectivity index is 1.44. The molecular formula is C17H20N2O. The van der Waals surface area contributed by atoms with Crippen LogP contribution in [-0.2, 0) is 11.3 Å². The molecule has 3 heteroatoms. The van der Waals surface area contributed by atoms with Crippen LogP contribution < -0.4 is 5.32 Å². The van der Waals surface area contributed by atoms with Crippen molar-refractivity contribution in [2.24, 2.45) is 5.92 Å². The Labute approximate surface area is 119 Å². The summed E-state index contributed by atoms with van der Waals surface area (Å²) in [7, 11) is 0. The predicted octanol–water partition coefficient (Wildman–Crippen LogP) is 2.89. The second-order valence-electron chi connectivity index (χ2n) is 6.01. The zero-order chi connectivity index (χ0) is 13.4. The summed E-state index contributed by atoms with van der Waals surface area (Å²) in [4.78, 5) is 4.16. The van der Waals surface area contributed by atoms with Crippen LogP contribution in [0, 0.1) is 5.92 Å². The Morgan fingerprint density at radius 3 is 3.00 bits per heavy atom. The van der Waals surface area contributed by atoms with Crippen LogP contribution in [0.4, 0.5) is 0 Å². The topological polar surface area (TPSA) is 34.1 Å². The van der Waals surface area contributed by atoms with Crippen LogP contribution in [0.25, 0.3) is 10.8 Å². The number of rotatable bonds is 4. The van der Waals surface area contributed by atoms with Crippen molar-refractivity contribution in [3.63, 3.8) is 0 Å². The third kappa shape index (κ3) is 2.43. The maximum absolute atomic E-state index is 5.88. The quantitative estimate of drug-likeness (QED) is 0.926. The van der Waals surface area contributed by atoms with Crippen molar-refractivity contribution in [1.82, 2.24) is 10.3 Å². The Kier molecular flexibility index (Phi) is 3.17. The summed E-state index contributed by atoms with van der Waals surface area (Å²) in [5.74, 6) is 0.817. The second kappa shape index (κ2) is 5.15. The Bertz CT molecular complexity index is 609. The molecule has 1 aliphatic carbocycles. The molecule has 1 aromatic carbocycles. The van der Waals surface area contributed by atoms with Crippen LogP contribution in [0.2, 0.25) is 0 Å². The third-order valence-electron chi connectivity index (χ3n) is 4.50. The largest absolute Gasteiger partial charge is 0.376 e. The Morgan fingerprint density at radius 2 is 2.10 bits per heavy atom. The van der Waals surface area contributed by atoms with Gasteiger partial charge in [0.1, 0.15) is 0 Å². The van der Waals surface area contributed by atoms with E-state index in [1.807, 2.05) is 12.4 Å². The molecule has 0 bridgehead atoms. The zero-order valence-electron chi connectivity index (χ0n) is 11.6. The highest BCUT2D eigenvalue weighted by Gasteiger charge is 2.40.